The SMILES string of the molecule is OC(CSc1ccccc1)CC1CCCCC1. The summed E-state index contributed by atoms with van der Waals surface area (Å²) in [4.78, 5) is 1.26. The first-order valence-corrected chi connectivity index (χ1v) is 7.69. The highest BCUT2D eigenvalue weighted by Gasteiger charge is 2.17. The van der Waals surface area contributed by atoms with Crippen molar-refractivity contribution in [2.45, 2.75) is 49.5 Å². The van der Waals surface area contributed by atoms with Gasteiger partial charge in [0.1, 0.15) is 0 Å². The van der Waals surface area contributed by atoms with Gasteiger partial charge in [-0.05, 0) is 24.5 Å². The molecule has 1 unspecified atom stereocenters. The lowest BCUT2D eigenvalue weighted by molar-refractivity contribution is 0.150. The van der Waals surface area contributed by atoms with Crippen molar-refractivity contribution in [3.05, 3.63) is 30.3 Å². The number of hydrogen-bond acceptors (Lipinski definition) is 2. The minimum absolute atomic E-state index is 0.136. The monoisotopic (exact) mass is 250 g/mol. The molecule has 1 N–H and O–H groups in total. The summed E-state index contributed by atoms with van der Waals surface area (Å²) in [6.07, 6.45) is 7.64. The Labute approximate surface area is 109 Å². The molecular formula is C15H22OS. The van der Waals surface area contributed by atoms with E-state index < -0.39 is 0 Å². The van der Waals surface area contributed by atoms with E-state index in [1.807, 2.05) is 6.07 Å². The lowest BCUT2D eigenvalue weighted by Gasteiger charge is -2.23. The van der Waals surface area contributed by atoms with Gasteiger partial charge in [0.05, 0.1) is 6.10 Å². The zero-order valence-electron chi connectivity index (χ0n) is 10.3. The van der Waals surface area contributed by atoms with Crippen LogP contribution in [0, 0.1) is 5.92 Å². The Morgan fingerprint density at radius 3 is 2.53 bits per heavy atom. The van der Waals surface area contributed by atoms with Gasteiger partial charge in [0.15, 0.2) is 0 Å². The molecule has 0 heterocycles. The summed E-state index contributed by atoms with van der Waals surface area (Å²) < 4.78 is 0. The minimum Gasteiger partial charge on any atom is -0.392 e. The minimum atomic E-state index is -0.136. The largest absolute Gasteiger partial charge is 0.392 e. The molecule has 1 aliphatic rings. The maximum atomic E-state index is 10.0. The van der Waals surface area contributed by atoms with Gasteiger partial charge in [-0.25, -0.2) is 0 Å². The summed E-state index contributed by atoms with van der Waals surface area (Å²) in [5.74, 6) is 1.61. The summed E-state index contributed by atoms with van der Waals surface area (Å²) >= 11 is 1.77. The summed E-state index contributed by atoms with van der Waals surface area (Å²) in [5, 5.41) is 10.0. The first-order chi connectivity index (χ1) is 8.34. The Balaban J connectivity index is 1.68. The molecule has 2 heteroatoms. The van der Waals surface area contributed by atoms with E-state index in [0.29, 0.717) is 0 Å². The molecule has 1 aromatic carbocycles. The number of hydrogen-bond donors (Lipinski definition) is 1. The average Bonchev–Trinajstić information content (AvgIpc) is 2.39. The Bertz CT molecular complexity index is 306. The van der Waals surface area contributed by atoms with Crippen molar-refractivity contribution in [3.8, 4) is 0 Å². The fourth-order valence-electron chi connectivity index (χ4n) is 2.58. The van der Waals surface area contributed by atoms with E-state index in [1.54, 1.807) is 11.8 Å². The zero-order chi connectivity index (χ0) is 11.9. The van der Waals surface area contributed by atoms with Crippen LogP contribution in [-0.2, 0) is 0 Å². The van der Waals surface area contributed by atoms with E-state index in [1.165, 1.54) is 37.0 Å². The van der Waals surface area contributed by atoms with Crippen molar-refractivity contribution < 1.29 is 5.11 Å². The quantitative estimate of drug-likeness (QED) is 0.794. The van der Waals surface area contributed by atoms with E-state index in [0.717, 1.165) is 18.1 Å². The smallest absolute Gasteiger partial charge is 0.0636 e. The second-order valence-corrected chi connectivity index (χ2v) is 6.11. The third kappa shape index (κ3) is 4.72. The first-order valence-electron chi connectivity index (χ1n) is 6.70. The molecule has 0 radical (unpaired) electrons. The van der Waals surface area contributed by atoms with Gasteiger partial charge in [-0.2, -0.15) is 0 Å². The van der Waals surface area contributed by atoms with E-state index in [4.69, 9.17) is 0 Å². The van der Waals surface area contributed by atoms with Gasteiger partial charge in [0, 0.05) is 10.6 Å². The predicted molar refractivity (Wildman–Crippen MR) is 74.4 cm³/mol. The van der Waals surface area contributed by atoms with Crippen molar-refractivity contribution in [1.29, 1.82) is 0 Å². The average molecular weight is 250 g/mol. The van der Waals surface area contributed by atoms with Crippen molar-refractivity contribution in [2.24, 2.45) is 5.92 Å². The van der Waals surface area contributed by atoms with Crippen molar-refractivity contribution >= 4 is 11.8 Å². The highest BCUT2D eigenvalue weighted by atomic mass is 32.2. The third-order valence-electron chi connectivity index (χ3n) is 3.52. The van der Waals surface area contributed by atoms with Crippen LogP contribution < -0.4 is 0 Å². The molecule has 0 bridgehead atoms. The Kier molecular flexibility index (Phi) is 5.40. The fraction of sp³-hybridized carbons (Fsp3) is 0.600. The van der Waals surface area contributed by atoms with Gasteiger partial charge in [0.2, 0.25) is 0 Å². The Hall–Kier alpha value is -0.470. The molecule has 2 rings (SSSR count). The standard InChI is InChI=1S/C15H22OS/c16-14(11-13-7-3-1-4-8-13)12-17-15-9-5-2-6-10-15/h2,5-6,9-10,13-14,16H,1,3-4,7-8,11-12H2. The normalized spacial score (nSPS) is 19.1. The van der Waals surface area contributed by atoms with E-state index >= 15 is 0 Å². The molecule has 0 spiro atoms. The van der Waals surface area contributed by atoms with Crippen LogP contribution in [0.3, 0.4) is 0 Å². The van der Waals surface area contributed by atoms with Crippen LogP contribution in [0.1, 0.15) is 38.5 Å². The van der Waals surface area contributed by atoms with Gasteiger partial charge in [0.25, 0.3) is 0 Å². The maximum Gasteiger partial charge on any atom is 0.0636 e. The number of aliphatic hydroxyl groups is 1. The fourth-order valence-corrected chi connectivity index (χ4v) is 3.46. The summed E-state index contributed by atoms with van der Waals surface area (Å²) in [5.41, 5.74) is 0. The van der Waals surface area contributed by atoms with Crippen LogP contribution in [0.25, 0.3) is 0 Å². The van der Waals surface area contributed by atoms with Crippen molar-refractivity contribution in [1.82, 2.24) is 0 Å². The van der Waals surface area contributed by atoms with Gasteiger partial charge >= 0.3 is 0 Å². The van der Waals surface area contributed by atoms with Gasteiger partial charge in [-0.3, -0.25) is 0 Å². The zero-order valence-corrected chi connectivity index (χ0v) is 11.2. The van der Waals surface area contributed by atoms with Crippen LogP contribution in [-0.4, -0.2) is 17.0 Å². The van der Waals surface area contributed by atoms with E-state index in [-0.39, 0.29) is 6.10 Å². The molecule has 1 fully saturated rings. The molecule has 0 amide bonds. The highest BCUT2D eigenvalue weighted by Crippen LogP contribution is 2.28. The van der Waals surface area contributed by atoms with Gasteiger partial charge < -0.3 is 5.11 Å². The maximum absolute atomic E-state index is 10.0. The molecule has 0 saturated heterocycles. The molecule has 1 aromatic rings. The summed E-state index contributed by atoms with van der Waals surface area (Å²) in [6.45, 7) is 0. The van der Waals surface area contributed by atoms with Crippen LogP contribution >= 0.6 is 11.8 Å². The second-order valence-electron chi connectivity index (χ2n) is 5.02. The third-order valence-corrected chi connectivity index (χ3v) is 4.67. The molecular weight excluding hydrogens is 228 g/mol. The molecule has 0 aromatic heterocycles. The number of thioether (sulfide) groups is 1. The van der Waals surface area contributed by atoms with Gasteiger partial charge in [-0.15, -0.1) is 11.8 Å². The molecule has 0 aliphatic heterocycles. The van der Waals surface area contributed by atoms with E-state index in [9.17, 15) is 5.11 Å². The second kappa shape index (κ2) is 7.07. The topological polar surface area (TPSA) is 20.2 Å². The van der Waals surface area contributed by atoms with Crippen molar-refractivity contribution in [3.63, 3.8) is 0 Å². The molecule has 1 nitrogen and oxygen atoms in total. The van der Waals surface area contributed by atoms with Crippen LogP contribution in [0.15, 0.2) is 35.2 Å². The predicted octanol–water partition coefficient (Wildman–Crippen LogP) is 4.11. The molecule has 94 valence electrons. The van der Waals surface area contributed by atoms with Crippen LogP contribution in [0.4, 0.5) is 0 Å². The first kappa shape index (κ1) is 13.0. The lowest BCUT2D eigenvalue weighted by atomic mass is 9.86. The highest BCUT2D eigenvalue weighted by molar-refractivity contribution is 7.99. The number of rotatable bonds is 5. The van der Waals surface area contributed by atoms with Crippen LogP contribution in [0.2, 0.25) is 0 Å². The molecule has 17 heavy (non-hydrogen) atoms. The number of aliphatic hydroxyl groups excluding tert-OH is 1. The lowest BCUT2D eigenvalue weighted by Crippen LogP contribution is -2.18. The molecule has 1 aliphatic carbocycles. The Morgan fingerprint density at radius 2 is 1.82 bits per heavy atom. The summed E-state index contributed by atoms with van der Waals surface area (Å²) in [7, 11) is 0. The number of benzene rings is 1. The molecule has 1 atom stereocenters. The summed E-state index contributed by atoms with van der Waals surface area (Å²) in [6, 6.07) is 10.4. The Morgan fingerprint density at radius 1 is 1.12 bits per heavy atom. The van der Waals surface area contributed by atoms with Gasteiger partial charge in [-0.1, -0.05) is 50.3 Å². The van der Waals surface area contributed by atoms with Crippen molar-refractivity contribution in [2.75, 3.05) is 5.75 Å². The molecule has 1 saturated carbocycles. The van der Waals surface area contributed by atoms with Crippen LogP contribution in [0.5, 0.6) is 0 Å². The van der Waals surface area contributed by atoms with E-state index in [2.05, 4.69) is 24.3 Å².